The molecule has 0 unspecified atom stereocenters. The molecule has 2 rings (SSSR count). The van der Waals surface area contributed by atoms with Crippen LogP contribution in [-0.4, -0.2) is 25.7 Å². The lowest BCUT2D eigenvalue weighted by atomic mass is 10.1. The lowest BCUT2D eigenvalue weighted by Crippen LogP contribution is -2.38. The molecule has 0 fully saturated rings. The van der Waals surface area contributed by atoms with Crippen LogP contribution >= 0.6 is 0 Å². The number of benzene rings is 1. The number of nitrogens with one attached hydrogen (secondary N) is 2. The van der Waals surface area contributed by atoms with Gasteiger partial charge in [0.1, 0.15) is 5.75 Å². The minimum atomic E-state index is -4.90. The highest BCUT2D eigenvalue weighted by atomic mass is 19.4. The maximum atomic E-state index is 12.5. The number of carbonyl (C=O) groups is 1. The Morgan fingerprint density at radius 3 is 2.73 bits per heavy atom. The van der Waals surface area contributed by atoms with Crippen molar-refractivity contribution in [3.05, 3.63) is 42.0 Å². The molecule has 4 nitrogen and oxygen atoms in total. The first-order valence-electron chi connectivity index (χ1n) is 6.76. The van der Waals surface area contributed by atoms with Crippen molar-refractivity contribution < 1.29 is 22.7 Å². The molecule has 0 saturated carbocycles. The van der Waals surface area contributed by atoms with Crippen LogP contribution < -0.4 is 15.4 Å². The molecule has 0 aromatic heterocycles. The Balaban J connectivity index is 2.26. The number of methoxy groups -OCH3 is 1. The van der Waals surface area contributed by atoms with Crippen molar-refractivity contribution in [1.29, 1.82) is 0 Å². The molecule has 2 atom stereocenters. The van der Waals surface area contributed by atoms with Gasteiger partial charge in [0.05, 0.1) is 13.2 Å². The van der Waals surface area contributed by atoms with Crippen LogP contribution in [0.4, 0.5) is 13.2 Å². The second-order valence-corrected chi connectivity index (χ2v) is 5.00. The van der Waals surface area contributed by atoms with Crippen LogP contribution in [0, 0.1) is 0 Å². The van der Waals surface area contributed by atoms with Gasteiger partial charge in [-0.2, -0.15) is 13.2 Å². The van der Waals surface area contributed by atoms with E-state index in [4.69, 9.17) is 4.74 Å². The first-order valence-corrected chi connectivity index (χ1v) is 6.76. The largest absolute Gasteiger partial charge is 0.497 e. The van der Waals surface area contributed by atoms with Gasteiger partial charge in [-0.05, 0) is 29.7 Å². The van der Waals surface area contributed by atoms with E-state index in [0.29, 0.717) is 24.3 Å². The van der Waals surface area contributed by atoms with Gasteiger partial charge in [0, 0.05) is 12.6 Å². The minimum Gasteiger partial charge on any atom is -0.497 e. The summed E-state index contributed by atoms with van der Waals surface area (Å²) in [4.78, 5) is 11.2. The fourth-order valence-electron chi connectivity index (χ4n) is 2.58. The van der Waals surface area contributed by atoms with Crippen molar-refractivity contribution in [1.82, 2.24) is 10.6 Å². The van der Waals surface area contributed by atoms with Crippen molar-refractivity contribution in [3.63, 3.8) is 0 Å². The third-order valence-electron chi connectivity index (χ3n) is 3.59. The molecule has 2 N–H and O–H groups in total. The lowest BCUT2D eigenvalue weighted by Gasteiger charge is -2.16. The van der Waals surface area contributed by atoms with Crippen LogP contribution in [0.25, 0.3) is 0 Å². The summed E-state index contributed by atoms with van der Waals surface area (Å²) in [6.07, 6.45) is -2.88. The van der Waals surface area contributed by atoms with E-state index in [1.54, 1.807) is 24.3 Å². The van der Waals surface area contributed by atoms with Crippen molar-refractivity contribution in [2.75, 3.05) is 13.7 Å². The number of hydrogen-bond donors (Lipinski definition) is 2. The first kappa shape index (κ1) is 16.4. The van der Waals surface area contributed by atoms with Crippen LogP contribution in [0.2, 0.25) is 0 Å². The van der Waals surface area contributed by atoms with Crippen LogP contribution in [-0.2, 0) is 4.79 Å². The highest BCUT2D eigenvalue weighted by molar-refractivity contribution is 5.82. The normalized spacial score (nSPS) is 20.4. The molecule has 1 aromatic rings. The van der Waals surface area contributed by atoms with Crippen LogP contribution in [0.15, 0.2) is 30.9 Å². The van der Waals surface area contributed by atoms with Gasteiger partial charge in [-0.15, -0.1) is 6.58 Å². The zero-order chi connectivity index (χ0) is 16.3. The van der Waals surface area contributed by atoms with Crippen LogP contribution in [0.5, 0.6) is 5.75 Å². The second-order valence-electron chi connectivity index (χ2n) is 5.00. The Morgan fingerprint density at radius 1 is 1.41 bits per heavy atom. The quantitative estimate of drug-likeness (QED) is 0.822. The maximum absolute atomic E-state index is 12.5. The van der Waals surface area contributed by atoms with E-state index in [1.165, 1.54) is 7.11 Å². The van der Waals surface area contributed by atoms with Gasteiger partial charge in [-0.1, -0.05) is 12.1 Å². The molecule has 0 spiro atoms. The average Bonchev–Trinajstić information content (AvgIpc) is 2.81. The standard InChI is InChI=1S/C15H17F3N2O2/c1-3-6-19-12-8-13(20-14(21)15(16,17)18)11-7-9(22-2)4-5-10(11)12/h3-5,7,12-13,19H,1,6,8H2,2H3,(H,20,21)/t12-,13+/m1/s1. The topological polar surface area (TPSA) is 50.4 Å². The fraction of sp³-hybridized carbons (Fsp3) is 0.400. The molecular formula is C15H17F3N2O2. The third kappa shape index (κ3) is 3.41. The van der Waals surface area contributed by atoms with E-state index >= 15 is 0 Å². The summed E-state index contributed by atoms with van der Waals surface area (Å²) in [6.45, 7) is 4.13. The third-order valence-corrected chi connectivity index (χ3v) is 3.59. The zero-order valence-corrected chi connectivity index (χ0v) is 12.0. The Morgan fingerprint density at radius 2 is 2.14 bits per heavy atom. The molecule has 0 radical (unpaired) electrons. The number of hydrogen-bond acceptors (Lipinski definition) is 3. The highest BCUT2D eigenvalue weighted by Crippen LogP contribution is 2.40. The molecule has 120 valence electrons. The SMILES string of the molecule is C=CCN[C@@H]1C[C@H](NC(=O)C(F)(F)F)c2cc(OC)ccc21. The van der Waals surface area contributed by atoms with E-state index in [9.17, 15) is 18.0 Å². The van der Waals surface area contributed by atoms with Crippen LogP contribution in [0.1, 0.15) is 29.6 Å². The number of ether oxygens (including phenoxy) is 1. The summed E-state index contributed by atoms with van der Waals surface area (Å²) < 4.78 is 42.5. The molecule has 1 aliphatic carbocycles. The van der Waals surface area contributed by atoms with Gasteiger partial charge < -0.3 is 15.4 Å². The van der Waals surface area contributed by atoms with E-state index in [-0.39, 0.29) is 6.04 Å². The molecule has 1 amide bonds. The van der Waals surface area contributed by atoms with Crippen molar-refractivity contribution >= 4 is 5.91 Å². The lowest BCUT2D eigenvalue weighted by molar-refractivity contribution is -0.174. The minimum absolute atomic E-state index is 0.141. The molecule has 1 aromatic carbocycles. The molecule has 0 saturated heterocycles. The number of alkyl halides is 3. The number of carbonyl (C=O) groups excluding carboxylic acids is 1. The second kappa shape index (κ2) is 6.39. The fourth-order valence-corrected chi connectivity index (χ4v) is 2.58. The molecule has 1 aliphatic rings. The first-order chi connectivity index (χ1) is 10.4. The monoisotopic (exact) mass is 314 g/mol. The maximum Gasteiger partial charge on any atom is 0.471 e. The van der Waals surface area contributed by atoms with Gasteiger partial charge >= 0.3 is 12.1 Å². The molecule has 0 heterocycles. The molecule has 22 heavy (non-hydrogen) atoms. The predicted molar refractivity (Wildman–Crippen MR) is 75.5 cm³/mol. The summed E-state index contributed by atoms with van der Waals surface area (Å²) in [5.74, 6) is -1.40. The number of fused-ring (bicyclic) bond motifs is 1. The number of rotatable bonds is 5. The van der Waals surface area contributed by atoms with E-state index < -0.39 is 18.1 Å². The van der Waals surface area contributed by atoms with E-state index in [1.807, 2.05) is 5.32 Å². The summed E-state index contributed by atoms with van der Waals surface area (Å²) in [6, 6.07) is 4.36. The van der Waals surface area contributed by atoms with Gasteiger partial charge in [-0.25, -0.2) is 0 Å². The summed E-state index contributed by atoms with van der Waals surface area (Å²) in [5, 5.41) is 5.22. The smallest absolute Gasteiger partial charge is 0.471 e. The molecule has 0 bridgehead atoms. The van der Waals surface area contributed by atoms with Crippen molar-refractivity contribution in [3.8, 4) is 5.75 Å². The van der Waals surface area contributed by atoms with Crippen LogP contribution in [0.3, 0.4) is 0 Å². The van der Waals surface area contributed by atoms with Crippen molar-refractivity contribution in [2.45, 2.75) is 24.7 Å². The molecule has 0 aliphatic heterocycles. The molecule has 7 heteroatoms. The molecular weight excluding hydrogens is 297 g/mol. The summed E-state index contributed by atoms with van der Waals surface area (Å²) >= 11 is 0. The van der Waals surface area contributed by atoms with Crippen molar-refractivity contribution in [2.24, 2.45) is 0 Å². The van der Waals surface area contributed by atoms with Gasteiger partial charge in [0.15, 0.2) is 0 Å². The van der Waals surface area contributed by atoms with E-state index in [2.05, 4.69) is 11.9 Å². The Hall–Kier alpha value is -2.02. The Labute approximate surface area is 126 Å². The summed E-state index contributed by atoms with van der Waals surface area (Å²) in [5.41, 5.74) is 1.49. The summed E-state index contributed by atoms with van der Waals surface area (Å²) in [7, 11) is 1.48. The van der Waals surface area contributed by atoms with E-state index in [0.717, 1.165) is 5.56 Å². The van der Waals surface area contributed by atoms with Gasteiger partial charge in [0.2, 0.25) is 0 Å². The zero-order valence-electron chi connectivity index (χ0n) is 12.0. The predicted octanol–water partition coefficient (Wildman–Crippen LogP) is 2.64. The number of amides is 1. The van der Waals surface area contributed by atoms with Gasteiger partial charge in [0.25, 0.3) is 0 Å². The average molecular weight is 314 g/mol. The van der Waals surface area contributed by atoms with Gasteiger partial charge in [-0.3, -0.25) is 4.79 Å². The highest BCUT2D eigenvalue weighted by Gasteiger charge is 2.42. The number of halogens is 3. The Bertz CT molecular complexity index is 572. The Kier molecular flexibility index (Phi) is 4.75.